The summed E-state index contributed by atoms with van der Waals surface area (Å²) in [5, 5.41) is 11.5. The van der Waals surface area contributed by atoms with Gasteiger partial charge in [-0.05, 0) is 29.7 Å². The first-order valence-corrected chi connectivity index (χ1v) is 8.13. The van der Waals surface area contributed by atoms with Crippen LogP contribution in [-0.2, 0) is 17.9 Å². The minimum absolute atomic E-state index is 0.0248. The van der Waals surface area contributed by atoms with Crippen molar-refractivity contribution in [1.29, 1.82) is 0 Å². The first kappa shape index (κ1) is 15.6. The summed E-state index contributed by atoms with van der Waals surface area (Å²) in [6.45, 7) is 0.155. The van der Waals surface area contributed by atoms with Gasteiger partial charge in [-0.2, -0.15) is 5.10 Å². The normalized spacial score (nSPS) is 10.7. The molecule has 0 atom stereocenters. The molecule has 1 aromatic carbocycles. The van der Waals surface area contributed by atoms with Crippen molar-refractivity contribution in [2.45, 2.75) is 13.1 Å². The summed E-state index contributed by atoms with van der Waals surface area (Å²) in [4.78, 5) is 13.0. The molecule has 8 heteroatoms. The van der Waals surface area contributed by atoms with Crippen molar-refractivity contribution in [3.05, 3.63) is 57.9 Å². The Morgan fingerprint density at radius 3 is 2.91 bits per heavy atom. The van der Waals surface area contributed by atoms with Crippen LogP contribution in [0.3, 0.4) is 0 Å². The van der Waals surface area contributed by atoms with Crippen LogP contribution in [0.2, 0.25) is 0 Å². The van der Waals surface area contributed by atoms with Gasteiger partial charge in [0.2, 0.25) is 5.91 Å². The monoisotopic (exact) mass is 348 g/mol. The van der Waals surface area contributed by atoms with E-state index in [0.717, 1.165) is 4.88 Å². The number of thiophene rings is 1. The molecular formula is C15H13FN4OS2. The molecule has 3 rings (SSSR count). The second kappa shape index (κ2) is 6.84. The van der Waals surface area contributed by atoms with Gasteiger partial charge in [-0.25, -0.2) is 4.39 Å². The van der Waals surface area contributed by atoms with Crippen molar-refractivity contribution < 1.29 is 9.18 Å². The van der Waals surface area contributed by atoms with Gasteiger partial charge < -0.3 is 5.32 Å². The van der Waals surface area contributed by atoms with Crippen molar-refractivity contribution in [2.75, 3.05) is 0 Å². The summed E-state index contributed by atoms with van der Waals surface area (Å²) in [5.74, 6) is 0.0154. The Bertz CT molecular complexity index is 870. The fourth-order valence-electron chi connectivity index (χ4n) is 2.09. The molecule has 5 nitrogen and oxygen atoms in total. The van der Waals surface area contributed by atoms with Crippen molar-refractivity contribution in [3.8, 4) is 10.7 Å². The lowest BCUT2D eigenvalue weighted by Crippen LogP contribution is -2.27. The molecule has 1 amide bonds. The molecule has 0 aliphatic carbocycles. The van der Waals surface area contributed by atoms with E-state index in [1.807, 2.05) is 17.5 Å². The predicted molar refractivity (Wildman–Crippen MR) is 89.0 cm³/mol. The number of nitrogens with zero attached hydrogens (tertiary/aromatic N) is 2. The van der Waals surface area contributed by atoms with Crippen LogP contribution in [0.15, 0.2) is 41.8 Å². The Balaban J connectivity index is 1.70. The first-order chi connectivity index (χ1) is 11.1. The summed E-state index contributed by atoms with van der Waals surface area (Å²) in [6.07, 6.45) is 0. The zero-order valence-corrected chi connectivity index (χ0v) is 13.6. The molecule has 0 saturated heterocycles. The van der Waals surface area contributed by atoms with E-state index in [1.165, 1.54) is 17.4 Å². The van der Waals surface area contributed by atoms with Gasteiger partial charge in [-0.15, -0.1) is 11.3 Å². The number of amides is 1. The molecule has 118 valence electrons. The molecule has 2 aromatic heterocycles. The lowest BCUT2D eigenvalue weighted by Gasteiger charge is -2.08. The summed E-state index contributed by atoms with van der Waals surface area (Å²) in [7, 11) is 0. The number of H-pyrrole nitrogens is 1. The van der Waals surface area contributed by atoms with Gasteiger partial charge in [0, 0.05) is 12.1 Å². The fourth-order valence-corrected chi connectivity index (χ4v) is 3.01. The second-order valence-electron chi connectivity index (χ2n) is 4.78. The van der Waals surface area contributed by atoms with Gasteiger partial charge >= 0.3 is 0 Å². The van der Waals surface area contributed by atoms with E-state index < -0.39 is 0 Å². The first-order valence-electron chi connectivity index (χ1n) is 6.84. The van der Waals surface area contributed by atoms with Gasteiger partial charge in [0.1, 0.15) is 12.4 Å². The molecule has 0 fully saturated rings. The van der Waals surface area contributed by atoms with Gasteiger partial charge in [-0.1, -0.05) is 24.3 Å². The smallest absolute Gasteiger partial charge is 0.240 e. The van der Waals surface area contributed by atoms with E-state index in [0.29, 0.717) is 16.2 Å². The van der Waals surface area contributed by atoms with E-state index >= 15 is 0 Å². The maximum absolute atomic E-state index is 13.5. The van der Waals surface area contributed by atoms with Crippen LogP contribution in [0.25, 0.3) is 10.7 Å². The van der Waals surface area contributed by atoms with Crippen LogP contribution >= 0.6 is 23.6 Å². The lowest BCUT2D eigenvalue weighted by atomic mass is 10.2. The number of nitrogens with one attached hydrogen (secondary N) is 2. The van der Waals surface area contributed by atoms with E-state index in [4.69, 9.17) is 12.2 Å². The zero-order valence-electron chi connectivity index (χ0n) is 12.0. The van der Waals surface area contributed by atoms with E-state index in [9.17, 15) is 9.18 Å². The van der Waals surface area contributed by atoms with Gasteiger partial charge in [0.05, 0.1) is 4.88 Å². The molecule has 0 aliphatic rings. The van der Waals surface area contributed by atoms with Crippen LogP contribution in [-0.4, -0.2) is 20.7 Å². The number of carbonyl (C=O) groups excluding carboxylic acids is 1. The standard InChI is InChI=1S/C15H13FN4OS2/c16-11-5-2-1-4-10(11)8-17-13(21)9-20-14(18-19-15(20)22)12-6-3-7-23-12/h1-7H,8-9H2,(H,17,21)(H,19,22). The van der Waals surface area contributed by atoms with Crippen LogP contribution in [0.4, 0.5) is 4.39 Å². The number of benzene rings is 1. The third kappa shape index (κ3) is 3.54. The molecule has 2 heterocycles. The predicted octanol–water partition coefficient (Wildman–Crippen LogP) is 3.12. The number of hydrogen-bond donors (Lipinski definition) is 2. The molecule has 0 aliphatic heterocycles. The SMILES string of the molecule is O=C(Cn1c(-c2cccs2)n[nH]c1=S)NCc1ccccc1F. The molecule has 23 heavy (non-hydrogen) atoms. The summed E-state index contributed by atoms with van der Waals surface area (Å²) >= 11 is 6.68. The molecule has 0 saturated carbocycles. The largest absolute Gasteiger partial charge is 0.350 e. The zero-order chi connectivity index (χ0) is 16.2. The molecule has 0 spiro atoms. The van der Waals surface area contributed by atoms with Crippen LogP contribution < -0.4 is 5.32 Å². The summed E-state index contributed by atoms with van der Waals surface area (Å²) in [5.41, 5.74) is 0.440. The van der Waals surface area contributed by atoms with Gasteiger partial charge in [-0.3, -0.25) is 14.5 Å². The van der Waals surface area contributed by atoms with Crippen molar-refractivity contribution >= 4 is 29.5 Å². The number of rotatable bonds is 5. The average Bonchev–Trinajstić information content (AvgIpc) is 3.17. The van der Waals surface area contributed by atoms with E-state index in [-0.39, 0.29) is 24.8 Å². The fraction of sp³-hybridized carbons (Fsp3) is 0.133. The number of aromatic amines is 1. The highest BCUT2D eigenvalue weighted by Gasteiger charge is 2.13. The third-order valence-corrected chi connectivity index (χ3v) is 4.41. The minimum atomic E-state index is -0.341. The molecule has 0 radical (unpaired) electrons. The van der Waals surface area contributed by atoms with Crippen LogP contribution in [0.1, 0.15) is 5.56 Å². The van der Waals surface area contributed by atoms with Crippen LogP contribution in [0, 0.1) is 10.6 Å². The maximum Gasteiger partial charge on any atom is 0.240 e. The van der Waals surface area contributed by atoms with Crippen molar-refractivity contribution in [1.82, 2.24) is 20.1 Å². The summed E-state index contributed by atoms with van der Waals surface area (Å²) < 4.78 is 15.5. The number of hydrogen-bond acceptors (Lipinski definition) is 4. The number of aromatic nitrogens is 3. The van der Waals surface area contributed by atoms with Crippen molar-refractivity contribution in [3.63, 3.8) is 0 Å². The average molecular weight is 348 g/mol. The Kier molecular flexibility index (Phi) is 4.63. The Morgan fingerprint density at radius 1 is 1.35 bits per heavy atom. The summed E-state index contributed by atoms with van der Waals surface area (Å²) in [6, 6.07) is 10.1. The minimum Gasteiger partial charge on any atom is -0.350 e. The topological polar surface area (TPSA) is 62.7 Å². The molecule has 3 aromatic rings. The quantitative estimate of drug-likeness (QED) is 0.697. The Morgan fingerprint density at radius 2 is 2.17 bits per heavy atom. The number of halogens is 1. The lowest BCUT2D eigenvalue weighted by molar-refractivity contribution is -0.121. The molecular weight excluding hydrogens is 335 g/mol. The highest BCUT2D eigenvalue weighted by molar-refractivity contribution is 7.71. The maximum atomic E-state index is 13.5. The molecule has 0 bridgehead atoms. The van der Waals surface area contributed by atoms with E-state index in [1.54, 1.807) is 22.8 Å². The van der Waals surface area contributed by atoms with Gasteiger partial charge in [0.15, 0.2) is 10.6 Å². The Labute approximate surface area is 140 Å². The third-order valence-electron chi connectivity index (χ3n) is 3.24. The highest BCUT2D eigenvalue weighted by Crippen LogP contribution is 2.22. The van der Waals surface area contributed by atoms with Crippen LogP contribution in [0.5, 0.6) is 0 Å². The van der Waals surface area contributed by atoms with Gasteiger partial charge in [0.25, 0.3) is 0 Å². The number of carbonyl (C=O) groups is 1. The molecule has 2 N–H and O–H groups in total. The van der Waals surface area contributed by atoms with E-state index in [2.05, 4.69) is 15.5 Å². The highest BCUT2D eigenvalue weighted by atomic mass is 32.1. The second-order valence-corrected chi connectivity index (χ2v) is 6.12. The molecule has 0 unspecified atom stereocenters. The van der Waals surface area contributed by atoms with Crippen molar-refractivity contribution in [2.24, 2.45) is 0 Å². The Hall–Kier alpha value is -2.32.